The van der Waals surface area contributed by atoms with Crippen LogP contribution >= 0.6 is 0 Å². The summed E-state index contributed by atoms with van der Waals surface area (Å²) >= 11 is 0. The zero-order valence-corrected chi connectivity index (χ0v) is 16.5. The molecule has 1 unspecified atom stereocenters. The zero-order valence-electron chi connectivity index (χ0n) is 15.7. The van der Waals surface area contributed by atoms with Gasteiger partial charge >= 0.3 is 5.97 Å². The van der Waals surface area contributed by atoms with Crippen LogP contribution in [0.4, 0.5) is 0 Å². The number of benzene rings is 1. The maximum Gasteiger partial charge on any atom is 0.335 e. The molecule has 26 heavy (non-hydrogen) atoms. The smallest absolute Gasteiger partial charge is 0.335 e. The molecule has 0 heterocycles. The molecule has 0 saturated heterocycles. The average Bonchev–Trinajstić information content (AvgIpc) is 2.66. The fourth-order valence-electron chi connectivity index (χ4n) is 2.44. The predicted molar refractivity (Wildman–Crippen MR) is 105 cm³/mol. The van der Waals surface area contributed by atoms with Crippen molar-refractivity contribution >= 4 is 22.7 Å². The summed E-state index contributed by atoms with van der Waals surface area (Å²) in [6.07, 6.45) is 2.74. The van der Waals surface area contributed by atoms with E-state index in [0.29, 0.717) is 36.4 Å². The zero-order chi connectivity index (χ0) is 19.5. The SMILES string of the molecule is C=CCC/C(C(=O)OC)=C(\C)N(Cc1ccccc1)C(=O)CS(=O)CC. The van der Waals surface area contributed by atoms with Gasteiger partial charge in [-0.15, -0.1) is 6.58 Å². The molecule has 5 nitrogen and oxygen atoms in total. The van der Waals surface area contributed by atoms with Crippen molar-refractivity contribution < 1.29 is 18.5 Å². The second kappa shape index (κ2) is 11.4. The third-order valence-electron chi connectivity index (χ3n) is 3.96. The van der Waals surface area contributed by atoms with Crippen LogP contribution in [0.25, 0.3) is 0 Å². The topological polar surface area (TPSA) is 63.7 Å². The Morgan fingerprint density at radius 1 is 1.27 bits per heavy atom. The summed E-state index contributed by atoms with van der Waals surface area (Å²) in [5, 5.41) is 0. The van der Waals surface area contributed by atoms with E-state index in [1.54, 1.807) is 19.9 Å². The highest BCUT2D eigenvalue weighted by atomic mass is 32.2. The van der Waals surface area contributed by atoms with Crippen LogP contribution in [0.3, 0.4) is 0 Å². The summed E-state index contributed by atoms with van der Waals surface area (Å²) in [4.78, 5) is 26.5. The Balaban J connectivity index is 3.27. The Morgan fingerprint density at radius 2 is 1.92 bits per heavy atom. The fourth-order valence-corrected chi connectivity index (χ4v) is 3.08. The molecule has 0 aliphatic carbocycles. The van der Waals surface area contributed by atoms with E-state index in [0.717, 1.165) is 5.56 Å². The Labute approximate surface area is 158 Å². The van der Waals surface area contributed by atoms with Crippen LogP contribution in [0.5, 0.6) is 0 Å². The van der Waals surface area contributed by atoms with Crippen LogP contribution in [-0.4, -0.2) is 39.6 Å². The highest BCUT2D eigenvalue weighted by molar-refractivity contribution is 7.85. The van der Waals surface area contributed by atoms with E-state index in [-0.39, 0.29) is 11.7 Å². The summed E-state index contributed by atoms with van der Waals surface area (Å²) in [6.45, 7) is 7.49. The molecule has 0 aliphatic rings. The lowest BCUT2D eigenvalue weighted by Gasteiger charge is -2.25. The van der Waals surface area contributed by atoms with E-state index in [4.69, 9.17) is 4.74 Å². The van der Waals surface area contributed by atoms with Crippen molar-refractivity contribution in [3.63, 3.8) is 0 Å². The molecule has 0 fully saturated rings. The van der Waals surface area contributed by atoms with Gasteiger partial charge in [-0.2, -0.15) is 0 Å². The van der Waals surface area contributed by atoms with Crippen LogP contribution in [0.2, 0.25) is 0 Å². The summed E-state index contributed by atoms with van der Waals surface area (Å²) in [7, 11) is 0.0891. The molecule has 0 saturated carbocycles. The number of ether oxygens (including phenoxy) is 1. The lowest BCUT2D eigenvalue weighted by Crippen LogP contribution is -2.34. The second-order valence-electron chi connectivity index (χ2n) is 5.72. The summed E-state index contributed by atoms with van der Waals surface area (Å²) < 4.78 is 16.8. The Bertz CT molecular complexity index is 682. The predicted octanol–water partition coefficient (Wildman–Crippen LogP) is 3.20. The Morgan fingerprint density at radius 3 is 2.46 bits per heavy atom. The molecule has 6 heteroatoms. The Hall–Kier alpha value is -2.21. The molecule has 1 atom stereocenters. The number of allylic oxidation sites excluding steroid dienone is 2. The van der Waals surface area contributed by atoms with E-state index in [1.807, 2.05) is 30.3 Å². The second-order valence-corrected chi connectivity index (χ2v) is 7.47. The molecule has 1 aromatic rings. The number of rotatable bonds is 10. The first kappa shape index (κ1) is 21.8. The van der Waals surface area contributed by atoms with Crippen molar-refractivity contribution in [2.45, 2.75) is 33.2 Å². The van der Waals surface area contributed by atoms with Crippen molar-refractivity contribution in [3.8, 4) is 0 Å². The number of esters is 1. The van der Waals surface area contributed by atoms with Gasteiger partial charge in [0.15, 0.2) is 0 Å². The largest absolute Gasteiger partial charge is 0.466 e. The van der Waals surface area contributed by atoms with Crippen molar-refractivity contribution in [1.29, 1.82) is 0 Å². The number of carbonyl (C=O) groups excluding carboxylic acids is 2. The van der Waals surface area contributed by atoms with Gasteiger partial charge < -0.3 is 9.64 Å². The highest BCUT2D eigenvalue weighted by Gasteiger charge is 2.23. The summed E-state index contributed by atoms with van der Waals surface area (Å²) in [6, 6.07) is 9.49. The highest BCUT2D eigenvalue weighted by Crippen LogP contribution is 2.20. The van der Waals surface area contributed by atoms with Gasteiger partial charge in [0.2, 0.25) is 5.91 Å². The molecule has 142 valence electrons. The van der Waals surface area contributed by atoms with Crippen LogP contribution < -0.4 is 0 Å². The van der Waals surface area contributed by atoms with Crippen molar-refractivity contribution in [2.24, 2.45) is 0 Å². The molecular formula is C20H27NO4S. The van der Waals surface area contributed by atoms with E-state index < -0.39 is 16.8 Å². The first-order valence-electron chi connectivity index (χ1n) is 8.52. The van der Waals surface area contributed by atoms with E-state index >= 15 is 0 Å². The number of methoxy groups -OCH3 is 1. The van der Waals surface area contributed by atoms with Crippen LogP contribution in [0.15, 0.2) is 54.3 Å². The number of amides is 1. The minimum atomic E-state index is -1.23. The van der Waals surface area contributed by atoms with E-state index in [9.17, 15) is 13.8 Å². The molecule has 0 radical (unpaired) electrons. The molecule has 0 aliphatic heterocycles. The standard InChI is InChI=1S/C20H27NO4S/c1-5-7-13-18(20(23)25-4)16(3)21(19(22)15-26(24)6-2)14-17-11-9-8-10-12-17/h5,8-12H,1,6-7,13-15H2,2-4H3/b18-16-. The molecule has 0 spiro atoms. The monoisotopic (exact) mass is 377 g/mol. The molecule has 0 bridgehead atoms. The van der Waals surface area contributed by atoms with E-state index in [2.05, 4.69) is 6.58 Å². The fraction of sp³-hybridized carbons (Fsp3) is 0.400. The molecule has 1 rings (SSSR count). The van der Waals surface area contributed by atoms with Crippen molar-refractivity contribution in [3.05, 3.63) is 59.8 Å². The number of hydrogen-bond donors (Lipinski definition) is 0. The summed E-state index contributed by atoms with van der Waals surface area (Å²) in [5.41, 5.74) is 1.88. The molecule has 1 amide bonds. The third kappa shape index (κ3) is 6.59. The van der Waals surface area contributed by atoms with Gasteiger partial charge in [-0.3, -0.25) is 9.00 Å². The van der Waals surface area contributed by atoms with Crippen molar-refractivity contribution in [1.82, 2.24) is 4.90 Å². The van der Waals surface area contributed by atoms with E-state index in [1.165, 1.54) is 12.0 Å². The number of carbonyl (C=O) groups is 2. The maximum absolute atomic E-state index is 12.8. The number of nitrogens with zero attached hydrogens (tertiary/aromatic N) is 1. The van der Waals surface area contributed by atoms with Gasteiger partial charge in [0.1, 0.15) is 5.75 Å². The van der Waals surface area contributed by atoms with Gasteiger partial charge in [0.05, 0.1) is 19.2 Å². The van der Waals surface area contributed by atoms with Gasteiger partial charge in [-0.1, -0.05) is 43.3 Å². The normalized spacial score (nSPS) is 12.7. The first-order chi connectivity index (χ1) is 12.4. The molecule has 0 aromatic heterocycles. The number of hydrogen-bond acceptors (Lipinski definition) is 4. The quantitative estimate of drug-likeness (QED) is 0.357. The molecule has 1 aromatic carbocycles. The minimum Gasteiger partial charge on any atom is -0.466 e. The Kier molecular flexibility index (Phi) is 9.58. The van der Waals surface area contributed by atoms with Gasteiger partial charge in [-0.25, -0.2) is 4.79 Å². The minimum absolute atomic E-state index is 0.0728. The molecular weight excluding hydrogens is 350 g/mol. The lowest BCUT2D eigenvalue weighted by atomic mass is 10.1. The van der Waals surface area contributed by atoms with Crippen molar-refractivity contribution in [2.75, 3.05) is 18.6 Å². The van der Waals surface area contributed by atoms with Gasteiger partial charge in [-0.05, 0) is 25.3 Å². The average molecular weight is 378 g/mol. The third-order valence-corrected chi connectivity index (χ3v) is 5.18. The van der Waals surface area contributed by atoms with Crippen LogP contribution in [-0.2, 0) is 31.7 Å². The maximum atomic E-state index is 12.8. The van der Waals surface area contributed by atoms with Crippen LogP contribution in [0, 0.1) is 0 Å². The summed E-state index contributed by atoms with van der Waals surface area (Å²) in [5.74, 6) is -0.400. The van der Waals surface area contributed by atoms with Gasteiger partial charge in [0.25, 0.3) is 0 Å². The lowest BCUT2D eigenvalue weighted by molar-refractivity contribution is -0.136. The molecule has 0 N–H and O–H groups in total. The van der Waals surface area contributed by atoms with Gasteiger partial charge in [0, 0.05) is 22.2 Å². The first-order valence-corrected chi connectivity index (χ1v) is 10.0. The van der Waals surface area contributed by atoms with Crippen LogP contribution in [0.1, 0.15) is 32.3 Å².